The summed E-state index contributed by atoms with van der Waals surface area (Å²) in [7, 11) is -3.81. The van der Waals surface area contributed by atoms with E-state index in [1.54, 1.807) is 0 Å². The third kappa shape index (κ3) is 4.88. The minimum atomic E-state index is -3.81. The maximum absolute atomic E-state index is 11.9. The lowest BCUT2D eigenvalue weighted by atomic mass is 10.1. The smallest absolute Gasteiger partial charge is 0.308 e. The Balaban J connectivity index is 2.78. The zero-order valence-corrected chi connectivity index (χ0v) is 11.8. The first-order chi connectivity index (χ1) is 8.66. The highest BCUT2D eigenvalue weighted by atomic mass is 32.2. The number of hydrogen-bond acceptors (Lipinski definition) is 6. The van der Waals surface area contributed by atoms with Crippen molar-refractivity contribution >= 4 is 27.3 Å². The minimum absolute atomic E-state index is 0.0301. The highest BCUT2D eigenvalue weighted by Crippen LogP contribution is 2.22. The first-order valence-electron chi connectivity index (χ1n) is 5.30. The molecule has 1 atom stereocenters. The number of sulfonamides is 1. The van der Waals surface area contributed by atoms with Crippen LogP contribution in [0, 0.1) is 0 Å². The molecule has 0 fully saturated rings. The topological polar surface area (TPSA) is 124 Å². The largest absolute Gasteiger partial charge is 0.481 e. The van der Waals surface area contributed by atoms with E-state index in [0.717, 1.165) is 11.3 Å². The Bertz CT molecular complexity index is 548. The van der Waals surface area contributed by atoms with Crippen LogP contribution in [-0.4, -0.2) is 48.5 Å². The van der Waals surface area contributed by atoms with Gasteiger partial charge in [-0.2, -0.15) is 0 Å². The zero-order chi connectivity index (χ0) is 14.7. The van der Waals surface area contributed by atoms with Crippen molar-refractivity contribution in [2.45, 2.75) is 23.2 Å². The summed E-state index contributed by atoms with van der Waals surface area (Å²) in [6, 6.07) is 2.73. The van der Waals surface area contributed by atoms with Crippen molar-refractivity contribution in [3.05, 3.63) is 17.0 Å². The predicted octanol–water partition coefficient (Wildman–Crippen LogP) is -0.603. The van der Waals surface area contributed by atoms with Gasteiger partial charge in [0.2, 0.25) is 10.0 Å². The van der Waals surface area contributed by atoms with Gasteiger partial charge in [0, 0.05) is 11.4 Å². The Morgan fingerprint density at radius 3 is 2.63 bits per heavy atom. The lowest BCUT2D eigenvalue weighted by Crippen LogP contribution is -2.43. The quantitative estimate of drug-likeness (QED) is 0.533. The van der Waals surface area contributed by atoms with Gasteiger partial charge in [0.25, 0.3) is 0 Å². The van der Waals surface area contributed by atoms with Crippen molar-refractivity contribution in [3.63, 3.8) is 0 Å². The van der Waals surface area contributed by atoms with Gasteiger partial charge in [0.05, 0.1) is 18.6 Å². The molecule has 0 saturated heterocycles. The van der Waals surface area contributed by atoms with Gasteiger partial charge < -0.3 is 15.3 Å². The molecule has 0 aromatic carbocycles. The fraction of sp³-hybridized carbons (Fsp3) is 0.500. The van der Waals surface area contributed by atoms with Gasteiger partial charge in [-0.3, -0.25) is 4.79 Å². The monoisotopic (exact) mass is 309 g/mol. The summed E-state index contributed by atoms with van der Waals surface area (Å²) in [6.07, 6.45) is -0.242. The van der Waals surface area contributed by atoms with Gasteiger partial charge in [-0.25, -0.2) is 13.1 Å². The van der Waals surface area contributed by atoms with Gasteiger partial charge in [0.15, 0.2) is 0 Å². The van der Waals surface area contributed by atoms with Crippen LogP contribution >= 0.6 is 11.3 Å². The molecule has 0 saturated carbocycles. The second kappa shape index (κ2) is 5.97. The summed E-state index contributed by atoms with van der Waals surface area (Å²) in [4.78, 5) is 10.9. The van der Waals surface area contributed by atoms with Crippen LogP contribution in [0.1, 0.15) is 11.8 Å². The van der Waals surface area contributed by atoms with Crippen LogP contribution in [0.5, 0.6) is 0 Å². The third-order valence-corrected chi connectivity index (χ3v) is 5.19. The molecule has 0 aliphatic heterocycles. The summed E-state index contributed by atoms with van der Waals surface area (Å²) >= 11 is 0.851. The third-order valence-electron chi connectivity index (χ3n) is 2.21. The number of carbonyl (C=O) groups is 1. The first kappa shape index (κ1) is 16.1. The van der Waals surface area contributed by atoms with Crippen molar-refractivity contribution < 1.29 is 28.5 Å². The van der Waals surface area contributed by atoms with Gasteiger partial charge in [-0.15, -0.1) is 11.3 Å². The fourth-order valence-electron chi connectivity index (χ4n) is 1.12. The molecule has 0 radical (unpaired) electrons. The zero-order valence-electron chi connectivity index (χ0n) is 10.2. The molecular weight excluding hydrogens is 294 g/mol. The number of aliphatic carboxylic acids is 1. The Hall–Kier alpha value is -1.00. The molecule has 0 aliphatic carbocycles. The minimum Gasteiger partial charge on any atom is -0.481 e. The average Bonchev–Trinajstić information content (AvgIpc) is 2.75. The molecule has 0 amide bonds. The molecule has 0 spiro atoms. The van der Waals surface area contributed by atoms with Crippen LogP contribution in [0.25, 0.3) is 0 Å². The van der Waals surface area contributed by atoms with E-state index in [0.29, 0.717) is 4.88 Å². The van der Waals surface area contributed by atoms with Crippen molar-refractivity contribution in [2.75, 3.05) is 13.2 Å². The van der Waals surface area contributed by atoms with Crippen molar-refractivity contribution in [3.8, 4) is 0 Å². The average molecular weight is 309 g/mol. The van der Waals surface area contributed by atoms with E-state index in [-0.39, 0.29) is 17.2 Å². The van der Waals surface area contributed by atoms with Crippen molar-refractivity contribution in [1.29, 1.82) is 0 Å². The van der Waals surface area contributed by atoms with E-state index >= 15 is 0 Å². The number of nitrogens with one attached hydrogen (secondary N) is 1. The molecule has 1 heterocycles. The van der Waals surface area contributed by atoms with Crippen LogP contribution in [0.2, 0.25) is 0 Å². The van der Waals surface area contributed by atoms with Gasteiger partial charge in [-0.05, 0) is 19.1 Å². The second-order valence-electron chi connectivity index (χ2n) is 4.27. The Labute approximate surface area is 114 Å². The van der Waals surface area contributed by atoms with Crippen LogP contribution < -0.4 is 4.72 Å². The molecule has 9 heteroatoms. The highest BCUT2D eigenvalue weighted by Gasteiger charge is 2.24. The van der Waals surface area contributed by atoms with E-state index in [1.165, 1.54) is 19.1 Å². The number of rotatable bonds is 7. The Morgan fingerprint density at radius 2 is 2.11 bits per heavy atom. The number of carboxylic acid groups (broad SMARTS) is 1. The van der Waals surface area contributed by atoms with Gasteiger partial charge in [0.1, 0.15) is 4.21 Å². The molecule has 108 valence electrons. The molecule has 1 rings (SSSR count). The van der Waals surface area contributed by atoms with E-state index < -0.39 is 28.2 Å². The van der Waals surface area contributed by atoms with Crippen LogP contribution in [0.4, 0.5) is 0 Å². The lowest BCUT2D eigenvalue weighted by Gasteiger charge is -2.20. The molecule has 1 aromatic rings. The summed E-state index contributed by atoms with van der Waals surface area (Å²) in [5, 5.41) is 26.9. The molecular formula is C10H15NO6S2. The fourth-order valence-corrected chi connectivity index (χ4v) is 3.68. The molecule has 7 nitrogen and oxygen atoms in total. The Morgan fingerprint density at radius 1 is 1.47 bits per heavy atom. The summed E-state index contributed by atoms with van der Waals surface area (Å²) in [5.74, 6) is -1.04. The number of aliphatic hydroxyl groups is 2. The SMILES string of the molecule is CC(O)(CO)CNS(=O)(=O)c1ccc(CC(=O)O)s1. The standard InChI is InChI=1S/C10H15NO6S2/c1-10(15,6-12)5-11-19(16,17)9-3-2-7(18-9)4-8(13)14/h2-3,11-12,15H,4-6H2,1H3,(H,13,14). The van der Waals surface area contributed by atoms with E-state index in [1.807, 2.05) is 0 Å². The number of thiophene rings is 1. The number of hydrogen-bond donors (Lipinski definition) is 4. The normalized spacial score (nSPS) is 15.1. The van der Waals surface area contributed by atoms with Crippen LogP contribution in [0.15, 0.2) is 16.3 Å². The van der Waals surface area contributed by atoms with E-state index in [2.05, 4.69) is 4.72 Å². The molecule has 1 unspecified atom stereocenters. The summed E-state index contributed by atoms with van der Waals surface area (Å²) < 4.78 is 25.8. The second-order valence-corrected chi connectivity index (χ2v) is 7.43. The molecule has 19 heavy (non-hydrogen) atoms. The molecule has 1 aromatic heterocycles. The van der Waals surface area contributed by atoms with Crippen LogP contribution in [0.3, 0.4) is 0 Å². The van der Waals surface area contributed by atoms with Crippen molar-refractivity contribution in [1.82, 2.24) is 4.72 Å². The molecule has 0 bridgehead atoms. The maximum Gasteiger partial charge on any atom is 0.308 e. The maximum atomic E-state index is 11.9. The molecule has 0 aliphatic rings. The van der Waals surface area contributed by atoms with E-state index in [9.17, 15) is 18.3 Å². The molecule has 4 N–H and O–H groups in total. The van der Waals surface area contributed by atoms with Gasteiger partial charge >= 0.3 is 5.97 Å². The van der Waals surface area contributed by atoms with Crippen molar-refractivity contribution in [2.24, 2.45) is 0 Å². The summed E-state index contributed by atoms with van der Waals surface area (Å²) in [5.41, 5.74) is -1.55. The lowest BCUT2D eigenvalue weighted by molar-refractivity contribution is -0.136. The van der Waals surface area contributed by atoms with Gasteiger partial charge in [-0.1, -0.05) is 0 Å². The number of carboxylic acids is 1. The highest BCUT2D eigenvalue weighted by molar-refractivity contribution is 7.91. The summed E-state index contributed by atoms with van der Waals surface area (Å²) in [6.45, 7) is 0.377. The van der Waals surface area contributed by atoms with E-state index in [4.69, 9.17) is 10.2 Å². The Kier molecular flexibility index (Phi) is 5.04. The first-order valence-corrected chi connectivity index (χ1v) is 7.60. The number of aliphatic hydroxyl groups excluding tert-OH is 1. The van der Waals surface area contributed by atoms with Crippen LogP contribution in [-0.2, 0) is 21.2 Å². The predicted molar refractivity (Wildman–Crippen MR) is 68.6 cm³/mol.